The molecule has 0 aromatic heterocycles. The minimum Gasteiger partial charge on any atom is -0.491 e. The number of benzene rings is 2. The number of ether oxygens (including phenoxy) is 1. The molecular weight excluding hydrogens is 335 g/mol. The van der Waals surface area contributed by atoms with Gasteiger partial charge in [0.05, 0.1) is 18.3 Å². The van der Waals surface area contributed by atoms with E-state index in [0.717, 1.165) is 17.7 Å². The molecule has 0 spiro atoms. The summed E-state index contributed by atoms with van der Waals surface area (Å²) in [5.41, 5.74) is 1.90. The van der Waals surface area contributed by atoms with E-state index in [1.165, 1.54) is 12.1 Å². The summed E-state index contributed by atoms with van der Waals surface area (Å²) >= 11 is 0. The molecule has 0 aliphatic rings. The molecule has 0 radical (unpaired) electrons. The third kappa shape index (κ3) is 5.79. The van der Waals surface area contributed by atoms with Crippen LogP contribution in [0.3, 0.4) is 0 Å². The van der Waals surface area contributed by atoms with Crippen molar-refractivity contribution in [3.63, 3.8) is 0 Å². The Morgan fingerprint density at radius 3 is 2.40 bits per heavy atom. The molecule has 134 valence electrons. The van der Waals surface area contributed by atoms with Crippen molar-refractivity contribution in [1.29, 1.82) is 0 Å². The lowest BCUT2D eigenvalue weighted by atomic mass is 10.1. The second kappa shape index (κ2) is 8.02. The molecule has 0 saturated carbocycles. The molecule has 2 aromatic carbocycles. The zero-order valence-electron chi connectivity index (χ0n) is 13.8. The first-order valence-electron chi connectivity index (χ1n) is 7.60. The second-order valence-electron chi connectivity index (χ2n) is 5.61. The molecule has 0 fully saturated rings. The maximum atomic E-state index is 12.6. The van der Waals surface area contributed by atoms with E-state index in [4.69, 9.17) is 9.57 Å². The van der Waals surface area contributed by atoms with E-state index in [-0.39, 0.29) is 18.3 Å². The van der Waals surface area contributed by atoms with Gasteiger partial charge in [-0.15, -0.1) is 0 Å². The van der Waals surface area contributed by atoms with Crippen LogP contribution < -0.4 is 10.2 Å². The van der Waals surface area contributed by atoms with Crippen molar-refractivity contribution in [1.82, 2.24) is 5.48 Å². The molecule has 2 rings (SSSR count). The van der Waals surface area contributed by atoms with Crippen molar-refractivity contribution in [3.05, 3.63) is 65.2 Å². The standard InChI is InChI=1S/C18H18F3NO3/c1-12(2)25-16-8-6-13(7-9-16)11-24-22-17(23)14-4-3-5-15(10-14)18(19,20)21/h3-10,12H,11H2,1-2H3,(H,22,23). The van der Waals surface area contributed by atoms with Crippen LogP contribution in [0.15, 0.2) is 48.5 Å². The summed E-state index contributed by atoms with van der Waals surface area (Å²) < 4.78 is 43.4. The fourth-order valence-electron chi connectivity index (χ4n) is 2.02. The van der Waals surface area contributed by atoms with Crippen LogP contribution in [0.2, 0.25) is 0 Å². The van der Waals surface area contributed by atoms with E-state index < -0.39 is 17.6 Å². The predicted molar refractivity (Wildman–Crippen MR) is 85.9 cm³/mol. The molecule has 0 aliphatic heterocycles. The Morgan fingerprint density at radius 2 is 1.80 bits per heavy atom. The maximum Gasteiger partial charge on any atom is 0.416 e. The van der Waals surface area contributed by atoms with Gasteiger partial charge >= 0.3 is 6.18 Å². The van der Waals surface area contributed by atoms with Crippen molar-refractivity contribution < 1.29 is 27.5 Å². The molecular formula is C18H18F3NO3. The largest absolute Gasteiger partial charge is 0.491 e. The summed E-state index contributed by atoms with van der Waals surface area (Å²) in [6.07, 6.45) is -4.44. The quantitative estimate of drug-likeness (QED) is 0.785. The van der Waals surface area contributed by atoms with Crippen LogP contribution in [0.5, 0.6) is 5.75 Å². The lowest BCUT2D eigenvalue weighted by Crippen LogP contribution is -2.24. The van der Waals surface area contributed by atoms with Crippen molar-refractivity contribution in [2.75, 3.05) is 0 Å². The van der Waals surface area contributed by atoms with Crippen molar-refractivity contribution in [3.8, 4) is 5.75 Å². The Bertz CT molecular complexity index is 712. The Balaban J connectivity index is 1.88. The van der Waals surface area contributed by atoms with Gasteiger partial charge in [0.15, 0.2) is 0 Å². The van der Waals surface area contributed by atoms with Crippen LogP contribution in [0.25, 0.3) is 0 Å². The summed E-state index contributed by atoms with van der Waals surface area (Å²) in [7, 11) is 0. The molecule has 0 saturated heterocycles. The molecule has 1 N–H and O–H groups in total. The zero-order chi connectivity index (χ0) is 18.4. The Morgan fingerprint density at radius 1 is 1.12 bits per heavy atom. The van der Waals surface area contributed by atoms with Crippen molar-refractivity contribution in [2.24, 2.45) is 0 Å². The van der Waals surface area contributed by atoms with Gasteiger partial charge in [0.2, 0.25) is 0 Å². The molecule has 2 aromatic rings. The molecule has 0 aliphatic carbocycles. The lowest BCUT2D eigenvalue weighted by Gasteiger charge is -2.11. The minimum atomic E-state index is -4.50. The summed E-state index contributed by atoms with van der Waals surface area (Å²) in [5.74, 6) is -0.0300. The van der Waals surface area contributed by atoms with Gasteiger partial charge in [0.1, 0.15) is 5.75 Å². The van der Waals surface area contributed by atoms with Crippen LogP contribution in [0, 0.1) is 0 Å². The van der Waals surface area contributed by atoms with Gasteiger partial charge < -0.3 is 4.74 Å². The van der Waals surface area contributed by atoms with Crippen LogP contribution >= 0.6 is 0 Å². The minimum absolute atomic E-state index is 0.0637. The number of nitrogens with one attached hydrogen (secondary N) is 1. The molecule has 0 heterocycles. The molecule has 0 bridgehead atoms. The first-order valence-corrected chi connectivity index (χ1v) is 7.60. The summed E-state index contributed by atoms with van der Waals surface area (Å²) in [6, 6.07) is 11.2. The van der Waals surface area contributed by atoms with E-state index in [1.54, 1.807) is 24.3 Å². The average Bonchev–Trinajstić information content (AvgIpc) is 2.55. The summed E-state index contributed by atoms with van der Waals surface area (Å²) in [5, 5.41) is 0. The topological polar surface area (TPSA) is 47.6 Å². The summed E-state index contributed by atoms with van der Waals surface area (Å²) in [6.45, 7) is 3.91. The van der Waals surface area contributed by atoms with Gasteiger partial charge in [0, 0.05) is 5.56 Å². The molecule has 4 nitrogen and oxygen atoms in total. The summed E-state index contributed by atoms with van der Waals surface area (Å²) in [4.78, 5) is 16.9. The van der Waals surface area contributed by atoms with E-state index in [0.29, 0.717) is 5.75 Å². The highest BCUT2D eigenvalue weighted by molar-refractivity contribution is 5.93. The maximum absolute atomic E-state index is 12.6. The van der Waals surface area contributed by atoms with Gasteiger partial charge in [0.25, 0.3) is 5.91 Å². The highest BCUT2D eigenvalue weighted by Gasteiger charge is 2.30. The average molecular weight is 353 g/mol. The van der Waals surface area contributed by atoms with E-state index in [9.17, 15) is 18.0 Å². The SMILES string of the molecule is CC(C)Oc1ccc(CONC(=O)c2cccc(C(F)(F)F)c2)cc1. The first-order chi connectivity index (χ1) is 11.8. The number of hydrogen-bond donors (Lipinski definition) is 1. The molecule has 25 heavy (non-hydrogen) atoms. The van der Waals surface area contributed by atoms with Gasteiger partial charge in [-0.3, -0.25) is 9.63 Å². The number of hydrogen-bond acceptors (Lipinski definition) is 3. The highest BCUT2D eigenvalue weighted by Crippen LogP contribution is 2.29. The van der Waals surface area contributed by atoms with E-state index in [2.05, 4.69) is 5.48 Å². The van der Waals surface area contributed by atoms with Crippen molar-refractivity contribution in [2.45, 2.75) is 32.7 Å². The van der Waals surface area contributed by atoms with E-state index >= 15 is 0 Å². The molecule has 0 atom stereocenters. The third-order valence-corrected chi connectivity index (χ3v) is 3.15. The predicted octanol–water partition coefficient (Wildman–Crippen LogP) is 4.35. The number of carbonyl (C=O) groups is 1. The number of hydroxylamine groups is 1. The number of rotatable bonds is 6. The molecule has 7 heteroatoms. The number of carbonyl (C=O) groups excluding carboxylic acids is 1. The smallest absolute Gasteiger partial charge is 0.416 e. The zero-order valence-corrected chi connectivity index (χ0v) is 13.8. The lowest BCUT2D eigenvalue weighted by molar-refractivity contribution is -0.137. The van der Waals surface area contributed by atoms with Crippen LogP contribution in [-0.2, 0) is 17.6 Å². The Hall–Kier alpha value is -2.54. The molecule has 1 amide bonds. The van der Waals surface area contributed by atoms with Gasteiger partial charge in [-0.1, -0.05) is 18.2 Å². The van der Waals surface area contributed by atoms with Crippen molar-refractivity contribution >= 4 is 5.91 Å². The normalized spacial score (nSPS) is 11.4. The fourth-order valence-corrected chi connectivity index (χ4v) is 2.02. The van der Waals surface area contributed by atoms with Crippen LogP contribution in [0.4, 0.5) is 13.2 Å². The fraction of sp³-hybridized carbons (Fsp3) is 0.278. The van der Waals surface area contributed by atoms with Gasteiger partial charge in [-0.2, -0.15) is 13.2 Å². The number of amides is 1. The Kier molecular flexibility index (Phi) is 6.03. The van der Waals surface area contributed by atoms with Crippen LogP contribution in [-0.4, -0.2) is 12.0 Å². The highest BCUT2D eigenvalue weighted by atomic mass is 19.4. The number of halogens is 3. The monoisotopic (exact) mass is 353 g/mol. The third-order valence-electron chi connectivity index (χ3n) is 3.15. The Labute approximate surface area is 143 Å². The van der Waals surface area contributed by atoms with E-state index in [1.807, 2.05) is 13.8 Å². The number of alkyl halides is 3. The van der Waals surface area contributed by atoms with Crippen LogP contribution in [0.1, 0.15) is 35.3 Å². The first kappa shape index (κ1) is 18.8. The van der Waals surface area contributed by atoms with Gasteiger partial charge in [-0.05, 0) is 49.7 Å². The second-order valence-corrected chi connectivity index (χ2v) is 5.61. The molecule has 0 unspecified atom stereocenters. The van der Waals surface area contributed by atoms with Gasteiger partial charge in [-0.25, -0.2) is 5.48 Å².